The lowest BCUT2D eigenvalue weighted by atomic mass is 9.96. The Morgan fingerprint density at radius 2 is 1.78 bits per heavy atom. The van der Waals surface area contributed by atoms with Gasteiger partial charge in [-0.3, -0.25) is 4.79 Å². The molecule has 1 aromatic heterocycles. The monoisotopic (exact) mass is 502 g/mol. The van der Waals surface area contributed by atoms with Gasteiger partial charge in [-0.25, -0.2) is 0 Å². The van der Waals surface area contributed by atoms with Crippen LogP contribution in [0.4, 0.5) is 0 Å². The number of fused-ring (bicyclic) bond motifs is 2. The van der Waals surface area contributed by atoms with E-state index in [0.717, 1.165) is 33.2 Å². The van der Waals surface area contributed by atoms with Gasteiger partial charge >= 0.3 is 0 Å². The highest BCUT2D eigenvalue weighted by Gasteiger charge is 2.25. The predicted octanol–water partition coefficient (Wildman–Crippen LogP) is 4.13. The number of ether oxygens (including phenoxy) is 4. The third-order valence-corrected chi connectivity index (χ3v) is 6.72. The molecule has 0 spiro atoms. The summed E-state index contributed by atoms with van der Waals surface area (Å²) in [6.45, 7) is 0.313. The molecule has 37 heavy (non-hydrogen) atoms. The van der Waals surface area contributed by atoms with Gasteiger partial charge in [-0.2, -0.15) is 0 Å². The molecule has 0 radical (unpaired) electrons. The van der Waals surface area contributed by atoms with E-state index in [9.17, 15) is 9.90 Å². The van der Waals surface area contributed by atoms with Crippen LogP contribution >= 0.6 is 0 Å². The minimum Gasteiger partial charge on any atom is -0.493 e. The predicted molar refractivity (Wildman–Crippen MR) is 141 cm³/mol. The number of aliphatic hydroxyl groups excluding tert-OH is 1. The van der Waals surface area contributed by atoms with Crippen molar-refractivity contribution in [3.05, 3.63) is 71.4 Å². The number of benzene rings is 3. The van der Waals surface area contributed by atoms with Gasteiger partial charge in [0.1, 0.15) is 5.75 Å². The summed E-state index contributed by atoms with van der Waals surface area (Å²) in [6, 6.07) is 15.0. The molecule has 1 aliphatic rings. The number of rotatable bonds is 9. The van der Waals surface area contributed by atoms with Crippen molar-refractivity contribution >= 4 is 16.8 Å². The minimum absolute atomic E-state index is 0.194. The maximum absolute atomic E-state index is 13.5. The number of amides is 1. The van der Waals surface area contributed by atoms with Crippen LogP contribution in [-0.2, 0) is 12.8 Å². The Bertz CT molecular complexity index is 1420. The van der Waals surface area contributed by atoms with Gasteiger partial charge in [0.05, 0.1) is 46.1 Å². The molecule has 0 unspecified atom stereocenters. The smallest absolute Gasteiger partial charge is 0.255 e. The van der Waals surface area contributed by atoms with Crippen LogP contribution in [-0.4, -0.2) is 56.6 Å². The Balaban J connectivity index is 1.47. The highest BCUT2D eigenvalue weighted by Crippen LogP contribution is 2.43. The van der Waals surface area contributed by atoms with Crippen LogP contribution in [0.1, 0.15) is 21.5 Å². The summed E-state index contributed by atoms with van der Waals surface area (Å²) in [7, 11) is 4.70. The number of hydrogen-bond acceptors (Lipinski definition) is 6. The van der Waals surface area contributed by atoms with E-state index in [-0.39, 0.29) is 12.5 Å². The van der Waals surface area contributed by atoms with Gasteiger partial charge in [-0.1, -0.05) is 18.2 Å². The zero-order valence-electron chi connectivity index (χ0n) is 21.1. The largest absolute Gasteiger partial charge is 0.493 e. The molecule has 1 atom stereocenters. The molecule has 0 saturated heterocycles. The first-order valence-electron chi connectivity index (χ1n) is 12.1. The lowest BCUT2D eigenvalue weighted by Crippen LogP contribution is -2.39. The van der Waals surface area contributed by atoms with Crippen LogP contribution in [0.25, 0.3) is 22.0 Å². The molecule has 8 nitrogen and oxygen atoms in total. The number of carbonyl (C=O) groups excluding carboxylic acids is 1. The molecule has 3 N–H and O–H groups in total. The number of aromatic amines is 1. The van der Waals surface area contributed by atoms with Gasteiger partial charge in [-0.05, 0) is 59.0 Å². The Hall–Kier alpha value is -4.17. The maximum Gasteiger partial charge on any atom is 0.255 e. The van der Waals surface area contributed by atoms with Crippen molar-refractivity contribution in [1.29, 1.82) is 0 Å². The molecule has 192 valence electrons. The van der Waals surface area contributed by atoms with Gasteiger partial charge in [0.25, 0.3) is 5.91 Å². The summed E-state index contributed by atoms with van der Waals surface area (Å²) in [5.41, 5.74) is 5.07. The minimum atomic E-state index is -0.464. The van der Waals surface area contributed by atoms with Gasteiger partial charge in [0.15, 0.2) is 11.5 Å². The van der Waals surface area contributed by atoms with E-state index in [1.54, 1.807) is 27.4 Å². The lowest BCUT2D eigenvalue weighted by molar-refractivity contribution is 0.0913. The number of aromatic nitrogens is 1. The summed E-state index contributed by atoms with van der Waals surface area (Å²) in [4.78, 5) is 16.8. The highest BCUT2D eigenvalue weighted by molar-refractivity contribution is 5.99. The maximum atomic E-state index is 13.5. The SMILES string of the molecule is COc1cc(-c2cc3c(c(C(=O)N[C@@H](CO)Cc4c[nH]c5ccccc45)c2)OCC3)cc(OC)c1OC. The summed E-state index contributed by atoms with van der Waals surface area (Å²) < 4.78 is 22.3. The topological polar surface area (TPSA) is 102 Å². The standard InChI is InChI=1S/C29H30N2O6/c1-34-25-13-19(14-26(35-2)28(25)36-3)18-10-17-8-9-37-27(17)23(12-18)29(33)31-21(16-32)11-20-15-30-24-7-5-4-6-22(20)24/h4-7,10,12-15,21,30,32H,8-9,11,16H2,1-3H3,(H,31,33)/t21-/m1/s1. The average molecular weight is 503 g/mol. The molecule has 1 amide bonds. The fourth-order valence-electron chi connectivity index (χ4n) is 4.88. The molecule has 0 fully saturated rings. The number of nitrogens with one attached hydrogen (secondary N) is 2. The quantitative estimate of drug-likeness (QED) is 0.318. The second kappa shape index (κ2) is 10.4. The molecule has 1 aliphatic heterocycles. The summed E-state index contributed by atoms with van der Waals surface area (Å²) in [6.07, 6.45) is 3.11. The summed E-state index contributed by atoms with van der Waals surface area (Å²) in [5, 5.41) is 14.2. The fraction of sp³-hybridized carbons (Fsp3) is 0.276. The Labute approximate surface area is 215 Å². The molecule has 5 rings (SSSR count). The second-order valence-corrected chi connectivity index (χ2v) is 8.94. The van der Waals surface area contributed by atoms with E-state index in [4.69, 9.17) is 18.9 Å². The van der Waals surface area contributed by atoms with Crippen molar-refractivity contribution in [2.45, 2.75) is 18.9 Å². The molecular formula is C29H30N2O6. The summed E-state index contributed by atoms with van der Waals surface area (Å²) >= 11 is 0. The van der Waals surface area contributed by atoms with E-state index in [1.807, 2.05) is 48.7 Å². The number of H-pyrrole nitrogens is 1. The van der Waals surface area contributed by atoms with E-state index >= 15 is 0 Å². The number of hydrogen-bond donors (Lipinski definition) is 3. The molecule has 0 saturated carbocycles. The average Bonchev–Trinajstić information content (AvgIpc) is 3.58. The summed E-state index contributed by atoms with van der Waals surface area (Å²) in [5.74, 6) is 1.83. The molecular weight excluding hydrogens is 472 g/mol. The van der Waals surface area contributed by atoms with Crippen molar-refractivity contribution in [2.24, 2.45) is 0 Å². The zero-order valence-corrected chi connectivity index (χ0v) is 21.1. The van der Waals surface area contributed by atoms with Crippen LogP contribution in [0.3, 0.4) is 0 Å². The Kier molecular flexibility index (Phi) is 6.92. The van der Waals surface area contributed by atoms with Crippen molar-refractivity contribution in [1.82, 2.24) is 10.3 Å². The third-order valence-electron chi connectivity index (χ3n) is 6.72. The van der Waals surface area contributed by atoms with Crippen molar-refractivity contribution in [3.8, 4) is 34.1 Å². The highest BCUT2D eigenvalue weighted by atomic mass is 16.5. The number of methoxy groups -OCH3 is 3. The first-order chi connectivity index (χ1) is 18.1. The van der Waals surface area contributed by atoms with Crippen LogP contribution in [0.15, 0.2) is 54.7 Å². The Morgan fingerprint density at radius 3 is 2.49 bits per heavy atom. The molecule has 2 heterocycles. The first-order valence-corrected chi connectivity index (χ1v) is 12.1. The van der Waals surface area contributed by atoms with Gasteiger partial charge in [0.2, 0.25) is 5.75 Å². The molecule has 3 aromatic carbocycles. The third kappa shape index (κ3) is 4.68. The van der Waals surface area contributed by atoms with Crippen molar-refractivity contribution in [2.75, 3.05) is 34.5 Å². The van der Waals surface area contributed by atoms with Crippen molar-refractivity contribution < 1.29 is 28.8 Å². The number of carbonyl (C=O) groups is 1. The van der Waals surface area contributed by atoms with Crippen LogP contribution in [0.5, 0.6) is 23.0 Å². The van der Waals surface area contributed by atoms with Gasteiger partial charge < -0.3 is 34.4 Å². The van der Waals surface area contributed by atoms with E-state index in [1.165, 1.54) is 0 Å². The van der Waals surface area contributed by atoms with Crippen LogP contribution in [0.2, 0.25) is 0 Å². The van der Waals surface area contributed by atoms with E-state index < -0.39 is 6.04 Å². The van der Waals surface area contributed by atoms with Crippen LogP contribution < -0.4 is 24.3 Å². The Morgan fingerprint density at radius 1 is 1.05 bits per heavy atom. The van der Waals surface area contributed by atoms with Gasteiger partial charge in [0, 0.05) is 23.5 Å². The molecule has 8 heteroatoms. The van der Waals surface area contributed by atoms with Crippen molar-refractivity contribution in [3.63, 3.8) is 0 Å². The number of para-hydroxylation sites is 1. The normalized spacial score (nSPS) is 13.1. The number of aliphatic hydroxyl groups is 1. The molecule has 0 bridgehead atoms. The lowest BCUT2D eigenvalue weighted by Gasteiger charge is -2.18. The fourth-order valence-corrected chi connectivity index (χ4v) is 4.88. The van der Waals surface area contributed by atoms with Crippen LogP contribution in [0, 0.1) is 0 Å². The molecule has 4 aromatic rings. The first kappa shape index (κ1) is 24.5. The zero-order chi connectivity index (χ0) is 25.9. The second-order valence-electron chi connectivity index (χ2n) is 8.94. The van der Waals surface area contributed by atoms with Gasteiger partial charge in [-0.15, -0.1) is 0 Å². The van der Waals surface area contributed by atoms with E-state index in [2.05, 4.69) is 10.3 Å². The molecule has 0 aliphatic carbocycles. The van der Waals surface area contributed by atoms with E-state index in [0.29, 0.717) is 48.0 Å².